The maximum absolute atomic E-state index is 12.3. The van der Waals surface area contributed by atoms with Crippen LogP contribution in [0.3, 0.4) is 0 Å². The Morgan fingerprint density at radius 1 is 1.37 bits per heavy atom. The molecule has 0 saturated carbocycles. The molecular weight excluding hydrogens is 366 g/mol. The largest absolute Gasteiger partial charge is 0.497 e. The number of carbonyl (C=O) groups is 1. The summed E-state index contributed by atoms with van der Waals surface area (Å²) in [7, 11) is 3.23. The molecule has 2 N–H and O–H groups in total. The third kappa shape index (κ3) is 4.06. The monoisotopic (exact) mass is 389 g/mol. The smallest absolute Gasteiger partial charge is 0.226 e. The number of rotatable bonds is 8. The van der Waals surface area contributed by atoms with Gasteiger partial charge in [0.1, 0.15) is 11.5 Å². The summed E-state index contributed by atoms with van der Waals surface area (Å²) in [5.74, 6) is 1.30. The molecule has 7 nitrogen and oxygen atoms in total. The number of amides is 1. The van der Waals surface area contributed by atoms with Gasteiger partial charge in [-0.15, -0.1) is 11.3 Å². The molecule has 1 atom stereocenters. The lowest BCUT2D eigenvalue weighted by atomic mass is 10.1. The molecule has 2 aromatic heterocycles. The van der Waals surface area contributed by atoms with Gasteiger partial charge in [0.15, 0.2) is 4.96 Å². The number of methoxy groups -OCH3 is 2. The molecule has 0 aliphatic carbocycles. The molecule has 3 aromatic rings. The van der Waals surface area contributed by atoms with Gasteiger partial charge in [0.25, 0.3) is 0 Å². The van der Waals surface area contributed by atoms with E-state index >= 15 is 0 Å². The molecule has 0 radical (unpaired) electrons. The third-order valence-electron chi connectivity index (χ3n) is 4.39. The second kappa shape index (κ2) is 8.41. The van der Waals surface area contributed by atoms with E-state index in [1.807, 2.05) is 41.1 Å². The lowest BCUT2D eigenvalue weighted by Gasteiger charge is -2.13. The molecule has 1 aromatic carbocycles. The lowest BCUT2D eigenvalue weighted by molar-refractivity contribution is -0.121. The third-order valence-corrected chi connectivity index (χ3v) is 5.27. The highest BCUT2D eigenvalue weighted by molar-refractivity contribution is 7.15. The zero-order chi connectivity index (χ0) is 19.4. The van der Waals surface area contributed by atoms with Crippen molar-refractivity contribution in [3.8, 4) is 22.8 Å². The van der Waals surface area contributed by atoms with Crippen molar-refractivity contribution in [3.63, 3.8) is 0 Å². The molecule has 1 unspecified atom stereocenters. The Morgan fingerprint density at radius 3 is 2.85 bits per heavy atom. The van der Waals surface area contributed by atoms with Crippen molar-refractivity contribution >= 4 is 22.2 Å². The number of ether oxygens (including phenoxy) is 2. The van der Waals surface area contributed by atoms with Crippen LogP contribution in [0.5, 0.6) is 11.5 Å². The number of thiazole rings is 1. The van der Waals surface area contributed by atoms with Gasteiger partial charge in [0.05, 0.1) is 39.0 Å². The van der Waals surface area contributed by atoms with Gasteiger partial charge < -0.3 is 19.9 Å². The zero-order valence-corrected chi connectivity index (χ0v) is 16.4. The van der Waals surface area contributed by atoms with Crippen LogP contribution in [0.15, 0.2) is 29.8 Å². The Labute approximate surface area is 161 Å². The number of aliphatic hydroxyl groups is 1. The number of aliphatic hydroxyl groups excluding tert-OH is 1. The minimum Gasteiger partial charge on any atom is -0.497 e. The van der Waals surface area contributed by atoms with E-state index in [1.54, 1.807) is 14.2 Å². The van der Waals surface area contributed by atoms with E-state index in [0.29, 0.717) is 12.2 Å². The second-order valence-electron chi connectivity index (χ2n) is 6.10. The van der Waals surface area contributed by atoms with Gasteiger partial charge in [-0.05, 0) is 24.6 Å². The van der Waals surface area contributed by atoms with E-state index in [-0.39, 0.29) is 25.0 Å². The average molecular weight is 389 g/mol. The van der Waals surface area contributed by atoms with Crippen LogP contribution in [0, 0.1) is 0 Å². The van der Waals surface area contributed by atoms with Crippen LogP contribution >= 0.6 is 11.3 Å². The summed E-state index contributed by atoms with van der Waals surface area (Å²) in [5.41, 5.74) is 2.43. The molecule has 2 heterocycles. The fourth-order valence-electron chi connectivity index (χ4n) is 2.82. The Hall–Kier alpha value is -2.58. The summed E-state index contributed by atoms with van der Waals surface area (Å²) < 4.78 is 12.7. The molecule has 0 aliphatic heterocycles. The van der Waals surface area contributed by atoms with Gasteiger partial charge >= 0.3 is 0 Å². The molecule has 1 amide bonds. The summed E-state index contributed by atoms with van der Waals surface area (Å²) in [5, 5.41) is 14.0. The molecule has 0 spiro atoms. The first-order valence-corrected chi connectivity index (χ1v) is 9.55. The van der Waals surface area contributed by atoms with E-state index in [9.17, 15) is 9.90 Å². The van der Waals surface area contributed by atoms with Crippen molar-refractivity contribution in [1.29, 1.82) is 0 Å². The van der Waals surface area contributed by atoms with E-state index in [1.165, 1.54) is 11.3 Å². The Morgan fingerprint density at radius 2 is 2.19 bits per heavy atom. The maximum atomic E-state index is 12.3. The van der Waals surface area contributed by atoms with Gasteiger partial charge in [-0.1, -0.05) is 6.92 Å². The van der Waals surface area contributed by atoms with Crippen LogP contribution in [-0.4, -0.2) is 47.3 Å². The molecular formula is C19H23N3O4S. The van der Waals surface area contributed by atoms with Crippen LogP contribution < -0.4 is 14.8 Å². The highest BCUT2D eigenvalue weighted by Gasteiger charge is 2.16. The van der Waals surface area contributed by atoms with Crippen molar-refractivity contribution in [2.75, 3.05) is 20.8 Å². The van der Waals surface area contributed by atoms with E-state index < -0.39 is 0 Å². The topological polar surface area (TPSA) is 85.1 Å². The van der Waals surface area contributed by atoms with Crippen molar-refractivity contribution in [1.82, 2.24) is 14.7 Å². The van der Waals surface area contributed by atoms with Gasteiger partial charge in [-0.25, -0.2) is 4.98 Å². The summed E-state index contributed by atoms with van der Waals surface area (Å²) in [6.07, 6.45) is 2.81. The molecule has 144 valence electrons. The number of aromatic nitrogens is 2. The van der Waals surface area contributed by atoms with Crippen LogP contribution in [0.2, 0.25) is 0 Å². The predicted molar refractivity (Wildman–Crippen MR) is 105 cm³/mol. The van der Waals surface area contributed by atoms with Gasteiger partial charge in [-0.2, -0.15) is 0 Å². The number of nitrogens with zero attached hydrogens (tertiary/aromatic N) is 2. The zero-order valence-electron chi connectivity index (χ0n) is 15.6. The quantitative estimate of drug-likeness (QED) is 0.618. The number of carbonyl (C=O) groups excluding carboxylic acids is 1. The molecule has 27 heavy (non-hydrogen) atoms. The summed E-state index contributed by atoms with van der Waals surface area (Å²) in [6, 6.07) is 5.34. The molecule has 0 bridgehead atoms. The summed E-state index contributed by atoms with van der Waals surface area (Å²) >= 11 is 1.48. The number of imidazole rings is 1. The number of benzene rings is 1. The summed E-state index contributed by atoms with van der Waals surface area (Å²) in [6.45, 7) is 1.86. The van der Waals surface area contributed by atoms with Crippen LogP contribution in [-0.2, 0) is 11.2 Å². The van der Waals surface area contributed by atoms with E-state index in [2.05, 4.69) is 10.3 Å². The Balaban J connectivity index is 1.89. The van der Waals surface area contributed by atoms with Crippen molar-refractivity contribution in [2.24, 2.45) is 0 Å². The average Bonchev–Trinajstić information content (AvgIpc) is 3.27. The predicted octanol–water partition coefficient (Wildman–Crippen LogP) is 2.51. The first-order valence-electron chi connectivity index (χ1n) is 8.67. The van der Waals surface area contributed by atoms with Crippen LogP contribution in [0.25, 0.3) is 16.2 Å². The fraction of sp³-hybridized carbons (Fsp3) is 0.368. The summed E-state index contributed by atoms with van der Waals surface area (Å²) in [4.78, 5) is 17.7. The van der Waals surface area contributed by atoms with Crippen molar-refractivity contribution < 1.29 is 19.4 Å². The fourth-order valence-corrected chi connectivity index (χ4v) is 3.69. The van der Waals surface area contributed by atoms with Crippen molar-refractivity contribution in [2.45, 2.75) is 25.8 Å². The first kappa shape index (κ1) is 19.2. The number of nitrogens with one attached hydrogen (secondary N) is 1. The SMILES string of the molecule is CCC(CO)NC(=O)Cc1csc2nc(-c3cc(OC)ccc3OC)cn12. The van der Waals surface area contributed by atoms with Gasteiger partial charge in [-0.3, -0.25) is 9.20 Å². The van der Waals surface area contributed by atoms with Crippen molar-refractivity contribution in [3.05, 3.63) is 35.5 Å². The molecule has 0 saturated heterocycles. The number of hydrogen-bond acceptors (Lipinski definition) is 6. The van der Waals surface area contributed by atoms with Crippen LogP contribution in [0.1, 0.15) is 19.0 Å². The Bertz CT molecular complexity index is 930. The second-order valence-corrected chi connectivity index (χ2v) is 6.94. The lowest BCUT2D eigenvalue weighted by Crippen LogP contribution is -2.37. The number of hydrogen-bond donors (Lipinski definition) is 2. The minimum absolute atomic E-state index is 0.0633. The maximum Gasteiger partial charge on any atom is 0.226 e. The molecule has 8 heteroatoms. The van der Waals surface area contributed by atoms with Crippen LogP contribution in [0.4, 0.5) is 0 Å². The van der Waals surface area contributed by atoms with Gasteiger partial charge in [0.2, 0.25) is 5.91 Å². The molecule has 0 aliphatic rings. The molecule has 3 rings (SSSR count). The first-order chi connectivity index (χ1) is 13.1. The normalized spacial score (nSPS) is 12.1. The number of fused-ring (bicyclic) bond motifs is 1. The molecule has 0 fully saturated rings. The highest BCUT2D eigenvalue weighted by Crippen LogP contribution is 2.34. The minimum atomic E-state index is -0.217. The standard InChI is InChI=1S/C19H23N3O4S/c1-4-12(10-23)20-18(24)7-13-11-27-19-21-16(9-22(13)19)15-8-14(25-2)5-6-17(15)26-3/h5-6,8-9,11-12,23H,4,7,10H2,1-3H3,(H,20,24). The van der Waals surface area contributed by atoms with Gasteiger partial charge in [0, 0.05) is 22.8 Å². The Kier molecular flexibility index (Phi) is 5.98. The van der Waals surface area contributed by atoms with E-state index in [0.717, 1.165) is 27.7 Å². The highest BCUT2D eigenvalue weighted by atomic mass is 32.1. The van der Waals surface area contributed by atoms with E-state index in [4.69, 9.17) is 9.47 Å².